The number of fused-ring (bicyclic) bond motifs is 1. The summed E-state index contributed by atoms with van der Waals surface area (Å²) in [4.78, 5) is 13.3. The molecule has 1 aliphatic rings. The second-order valence-electron chi connectivity index (χ2n) is 9.75. The van der Waals surface area contributed by atoms with Crippen molar-refractivity contribution in [1.82, 2.24) is 0 Å². The van der Waals surface area contributed by atoms with Crippen LogP contribution in [-0.2, 0) is 20.2 Å². The highest BCUT2D eigenvalue weighted by atomic mass is 32.2. The van der Waals surface area contributed by atoms with E-state index >= 15 is 0 Å². The van der Waals surface area contributed by atoms with Crippen molar-refractivity contribution < 1.29 is 17.9 Å². The van der Waals surface area contributed by atoms with E-state index in [4.69, 9.17) is 4.74 Å². The number of ether oxygens (including phenoxy) is 1. The molecule has 1 N–H and O–H groups in total. The predicted molar refractivity (Wildman–Crippen MR) is 135 cm³/mol. The fourth-order valence-corrected chi connectivity index (χ4v) is 5.56. The van der Waals surface area contributed by atoms with Gasteiger partial charge in [-0.1, -0.05) is 51.1 Å². The SMILES string of the molecule is Cc1cc(C)cc(NC(=O)[C@H]2CN(S(=O)(=O)c3ccccc3)c3cc(C(C)(C)C)ccc3O2)c1. The van der Waals surface area contributed by atoms with Crippen LogP contribution in [0.4, 0.5) is 11.4 Å². The van der Waals surface area contributed by atoms with E-state index in [-0.39, 0.29) is 16.9 Å². The van der Waals surface area contributed by atoms with Crippen molar-refractivity contribution in [2.45, 2.75) is 51.0 Å². The van der Waals surface area contributed by atoms with Gasteiger partial charge in [0, 0.05) is 5.69 Å². The first kappa shape index (κ1) is 23.8. The Morgan fingerprint density at radius 3 is 2.24 bits per heavy atom. The zero-order valence-corrected chi connectivity index (χ0v) is 20.9. The Kier molecular flexibility index (Phi) is 6.16. The largest absolute Gasteiger partial charge is 0.476 e. The lowest BCUT2D eigenvalue weighted by atomic mass is 9.86. The Hall–Kier alpha value is -3.32. The first-order valence-corrected chi connectivity index (χ1v) is 12.7. The number of hydrogen-bond acceptors (Lipinski definition) is 4. The van der Waals surface area contributed by atoms with Crippen molar-refractivity contribution in [1.29, 1.82) is 0 Å². The molecule has 1 aliphatic heterocycles. The molecule has 0 radical (unpaired) electrons. The second kappa shape index (κ2) is 8.80. The van der Waals surface area contributed by atoms with E-state index in [0.29, 0.717) is 17.1 Å². The second-order valence-corrected chi connectivity index (χ2v) is 11.6. The number of carbonyl (C=O) groups excluding carboxylic acids is 1. The molecule has 0 aromatic heterocycles. The lowest BCUT2D eigenvalue weighted by molar-refractivity contribution is -0.122. The molecule has 0 fully saturated rings. The Balaban J connectivity index is 1.74. The maximum Gasteiger partial charge on any atom is 0.267 e. The number of amides is 1. The molecule has 0 saturated carbocycles. The van der Waals surface area contributed by atoms with E-state index in [1.54, 1.807) is 36.4 Å². The van der Waals surface area contributed by atoms with E-state index in [9.17, 15) is 13.2 Å². The summed E-state index contributed by atoms with van der Waals surface area (Å²) < 4.78 is 34.7. The van der Waals surface area contributed by atoms with E-state index in [1.807, 2.05) is 44.2 Å². The molecule has 1 heterocycles. The van der Waals surface area contributed by atoms with Gasteiger partial charge in [-0.05, 0) is 72.4 Å². The number of nitrogens with zero attached hydrogens (tertiary/aromatic N) is 1. The molecule has 6 nitrogen and oxygen atoms in total. The molecule has 0 unspecified atom stereocenters. The summed E-state index contributed by atoms with van der Waals surface area (Å²) in [5.41, 5.74) is 3.92. The number of benzene rings is 3. The zero-order chi connectivity index (χ0) is 24.7. The summed E-state index contributed by atoms with van der Waals surface area (Å²) in [5.74, 6) is -0.0388. The molecule has 0 bridgehead atoms. The van der Waals surface area contributed by atoms with Gasteiger partial charge in [0.05, 0.1) is 17.1 Å². The number of hydrogen-bond donors (Lipinski definition) is 1. The number of aryl methyl sites for hydroxylation is 2. The Morgan fingerprint density at radius 2 is 1.62 bits per heavy atom. The molecule has 0 spiro atoms. The van der Waals surface area contributed by atoms with Crippen molar-refractivity contribution in [2.24, 2.45) is 0 Å². The zero-order valence-electron chi connectivity index (χ0n) is 20.1. The summed E-state index contributed by atoms with van der Waals surface area (Å²) in [6.07, 6.45) is -1.01. The van der Waals surface area contributed by atoms with Crippen LogP contribution >= 0.6 is 0 Å². The van der Waals surface area contributed by atoms with Crippen molar-refractivity contribution in [2.75, 3.05) is 16.2 Å². The minimum absolute atomic E-state index is 0.131. The van der Waals surface area contributed by atoms with Crippen LogP contribution in [-0.4, -0.2) is 27.0 Å². The van der Waals surface area contributed by atoms with Gasteiger partial charge in [-0.2, -0.15) is 0 Å². The lowest BCUT2D eigenvalue weighted by Gasteiger charge is -2.36. The number of sulfonamides is 1. The van der Waals surface area contributed by atoms with Crippen molar-refractivity contribution in [3.8, 4) is 5.75 Å². The van der Waals surface area contributed by atoms with E-state index < -0.39 is 22.0 Å². The summed E-state index contributed by atoms with van der Waals surface area (Å²) >= 11 is 0. The molecule has 0 saturated heterocycles. The van der Waals surface area contributed by atoms with Crippen LogP contribution in [0.15, 0.2) is 71.6 Å². The van der Waals surface area contributed by atoms with Gasteiger partial charge in [0.1, 0.15) is 5.75 Å². The standard InChI is InChI=1S/C27H30N2O4S/c1-18-13-19(2)15-21(14-18)28-26(30)25-17-29(34(31,32)22-9-7-6-8-10-22)23-16-20(27(3,4)5)11-12-24(23)33-25/h6-16,25H,17H2,1-5H3,(H,28,30)/t25-/m1/s1. The molecule has 3 aromatic rings. The van der Waals surface area contributed by atoms with Crippen molar-refractivity contribution in [3.05, 3.63) is 83.4 Å². The molecular weight excluding hydrogens is 448 g/mol. The highest BCUT2D eigenvalue weighted by Crippen LogP contribution is 2.40. The topological polar surface area (TPSA) is 75.7 Å². The van der Waals surface area contributed by atoms with Crippen LogP contribution in [0.5, 0.6) is 5.75 Å². The summed E-state index contributed by atoms with van der Waals surface area (Å²) in [6, 6.07) is 19.5. The van der Waals surface area contributed by atoms with Gasteiger partial charge in [0.25, 0.3) is 15.9 Å². The number of anilines is 2. The highest BCUT2D eigenvalue weighted by molar-refractivity contribution is 7.92. The molecule has 34 heavy (non-hydrogen) atoms. The van der Waals surface area contributed by atoms with Crippen molar-refractivity contribution >= 4 is 27.3 Å². The third kappa shape index (κ3) is 4.80. The van der Waals surface area contributed by atoms with Crippen molar-refractivity contribution in [3.63, 3.8) is 0 Å². The van der Waals surface area contributed by atoms with Gasteiger partial charge in [-0.15, -0.1) is 0 Å². The van der Waals surface area contributed by atoms with Crippen LogP contribution in [0.3, 0.4) is 0 Å². The van der Waals surface area contributed by atoms with Crippen LogP contribution in [0.2, 0.25) is 0 Å². The fourth-order valence-electron chi connectivity index (χ4n) is 4.07. The minimum Gasteiger partial charge on any atom is -0.476 e. The average Bonchev–Trinajstić information content (AvgIpc) is 2.77. The molecule has 4 rings (SSSR count). The van der Waals surface area contributed by atoms with Gasteiger partial charge in [-0.3, -0.25) is 9.10 Å². The van der Waals surface area contributed by atoms with E-state index in [0.717, 1.165) is 16.7 Å². The van der Waals surface area contributed by atoms with Crippen LogP contribution in [0.25, 0.3) is 0 Å². The van der Waals surface area contributed by atoms with E-state index in [2.05, 4.69) is 26.1 Å². The van der Waals surface area contributed by atoms with Gasteiger partial charge in [0.15, 0.2) is 6.10 Å². The number of carbonyl (C=O) groups is 1. The summed E-state index contributed by atoms with van der Waals surface area (Å²) in [6.45, 7) is 9.97. The third-order valence-electron chi connectivity index (χ3n) is 5.81. The Bertz CT molecular complexity index is 1310. The predicted octanol–water partition coefficient (Wildman–Crippen LogP) is 5.20. The van der Waals surface area contributed by atoms with Crippen LogP contribution in [0, 0.1) is 13.8 Å². The van der Waals surface area contributed by atoms with E-state index in [1.165, 1.54) is 4.31 Å². The first-order chi connectivity index (χ1) is 15.9. The van der Waals surface area contributed by atoms with Gasteiger partial charge in [-0.25, -0.2) is 8.42 Å². The quantitative estimate of drug-likeness (QED) is 0.560. The maximum atomic E-state index is 13.7. The molecule has 3 aromatic carbocycles. The Morgan fingerprint density at radius 1 is 0.971 bits per heavy atom. The normalized spacial score (nSPS) is 15.9. The van der Waals surface area contributed by atoms with Crippen LogP contribution in [0.1, 0.15) is 37.5 Å². The van der Waals surface area contributed by atoms with Gasteiger partial charge >= 0.3 is 0 Å². The minimum atomic E-state index is -3.92. The molecule has 0 aliphatic carbocycles. The summed E-state index contributed by atoms with van der Waals surface area (Å²) in [7, 11) is -3.92. The molecule has 7 heteroatoms. The Labute approximate surface area is 201 Å². The van der Waals surface area contributed by atoms with Gasteiger partial charge < -0.3 is 10.1 Å². The van der Waals surface area contributed by atoms with Gasteiger partial charge in [0.2, 0.25) is 0 Å². The average molecular weight is 479 g/mol. The molecular formula is C27H30N2O4S. The molecule has 1 amide bonds. The lowest BCUT2D eigenvalue weighted by Crippen LogP contribution is -2.49. The molecule has 178 valence electrons. The molecule has 1 atom stereocenters. The maximum absolute atomic E-state index is 13.7. The fraction of sp³-hybridized carbons (Fsp3) is 0.296. The smallest absolute Gasteiger partial charge is 0.267 e. The van der Waals surface area contributed by atoms with Crippen LogP contribution < -0.4 is 14.4 Å². The number of nitrogens with one attached hydrogen (secondary N) is 1. The highest BCUT2D eigenvalue weighted by Gasteiger charge is 2.38. The summed E-state index contributed by atoms with van der Waals surface area (Å²) in [5, 5.41) is 2.89. The third-order valence-corrected chi connectivity index (χ3v) is 7.60. The monoisotopic (exact) mass is 478 g/mol. The number of rotatable bonds is 4. The first-order valence-electron chi connectivity index (χ1n) is 11.2.